The smallest absolute Gasteiger partial charge is 0.191 e. The summed E-state index contributed by atoms with van der Waals surface area (Å²) in [6.07, 6.45) is 0. The Bertz CT molecular complexity index is 922. The molecule has 31 heavy (non-hydrogen) atoms. The Balaban J connectivity index is 0.00000480. The first-order valence-corrected chi connectivity index (χ1v) is 11.8. The van der Waals surface area contributed by atoms with Crippen LogP contribution in [0.1, 0.15) is 25.5 Å². The van der Waals surface area contributed by atoms with Crippen LogP contribution in [0.3, 0.4) is 0 Å². The second-order valence-corrected chi connectivity index (χ2v) is 8.85. The van der Waals surface area contributed by atoms with E-state index in [0.717, 1.165) is 19.2 Å². The van der Waals surface area contributed by atoms with E-state index in [1.54, 1.807) is 7.05 Å². The quantitative estimate of drug-likeness (QED) is 0.264. The number of aliphatic imine (C=N–C) groups is 1. The molecule has 0 aromatic heterocycles. The molecular weight excluding hydrogens is 530 g/mol. The zero-order valence-electron chi connectivity index (χ0n) is 18.2. The van der Waals surface area contributed by atoms with Gasteiger partial charge in [-0.15, -0.1) is 24.0 Å². The molecule has 0 radical (unpaired) electrons. The highest BCUT2D eigenvalue weighted by Gasteiger charge is 2.20. The van der Waals surface area contributed by atoms with Crippen molar-refractivity contribution >= 4 is 39.8 Å². The molecule has 172 valence electrons. The third-order valence-corrected chi connectivity index (χ3v) is 6.70. The zero-order chi connectivity index (χ0) is 22.0. The van der Waals surface area contributed by atoms with E-state index in [9.17, 15) is 12.8 Å². The molecule has 0 aliphatic carbocycles. The van der Waals surface area contributed by atoms with Gasteiger partial charge < -0.3 is 10.6 Å². The van der Waals surface area contributed by atoms with Crippen LogP contribution in [0.4, 0.5) is 4.39 Å². The van der Waals surface area contributed by atoms with E-state index in [1.807, 2.05) is 18.2 Å². The zero-order valence-corrected chi connectivity index (χ0v) is 21.4. The molecule has 2 aromatic carbocycles. The van der Waals surface area contributed by atoms with Crippen molar-refractivity contribution in [3.05, 3.63) is 66.0 Å². The van der Waals surface area contributed by atoms with Gasteiger partial charge in [-0.05, 0) is 30.8 Å². The maximum atomic E-state index is 13.8. The standard InChI is InChI=1S/C22H31FN4O2S.HI/c1-4-27(5-2)20(18-11-7-6-8-12-18)17-26-22(24-3)25-15-16-30(28,29)21-14-10-9-13-19(21)23;/h6-14,20H,4-5,15-17H2,1-3H3,(H2,24,25,26);1H. The second-order valence-electron chi connectivity index (χ2n) is 6.78. The van der Waals surface area contributed by atoms with Crippen LogP contribution >= 0.6 is 24.0 Å². The van der Waals surface area contributed by atoms with E-state index in [2.05, 4.69) is 46.5 Å². The van der Waals surface area contributed by atoms with Gasteiger partial charge in [0.05, 0.1) is 11.8 Å². The molecule has 0 saturated heterocycles. The number of sulfone groups is 1. The molecule has 0 heterocycles. The molecule has 9 heteroatoms. The van der Waals surface area contributed by atoms with Crippen LogP contribution in [0.2, 0.25) is 0 Å². The Morgan fingerprint density at radius 2 is 1.65 bits per heavy atom. The highest BCUT2D eigenvalue weighted by Crippen LogP contribution is 2.19. The summed E-state index contributed by atoms with van der Waals surface area (Å²) < 4.78 is 38.6. The summed E-state index contributed by atoms with van der Waals surface area (Å²) in [5.41, 5.74) is 1.20. The van der Waals surface area contributed by atoms with Crippen molar-refractivity contribution in [2.24, 2.45) is 4.99 Å². The SMILES string of the molecule is CCN(CC)C(CNC(=NC)NCCS(=O)(=O)c1ccccc1F)c1ccccc1.I. The average molecular weight is 562 g/mol. The fourth-order valence-corrected chi connectivity index (χ4v) is 4.56. The van der Waals surface area contributed by atoms with Gasteiger partial charge in [0.25, 0.3) is 0 Å². The topological polar surface area (TPSA) is 73.8 Å². The van der Waals surface area contributed by atoms with E-state index in [4.69, 9.17) is 0 Å². The molecule has 2 aromatic rings. The Morgan fingerprint density at radius 3 is 2.23 bits per heavy atom. The van der Waals surface area contributed by atoms with Crippen molar-refractivity contribution in [3.8, 4) is 0 Å². The largest absolute Gasteiger partial charge is 0.355 e. The molecule has 0 spiro atoms. The molecule has 0 aliphatic rings. The third-order valence-electron chi connectivity index (χ3n) is 4.96. The minimum atomic E-state index is -3.72. The lowest BCUT2D eigenvalue weighted by Crippen LogP contribution is -2.44. The van der Waals surface area contributed by atoms with Gasteiger partial charge in [-0.25, -0.2) is 12.8 Å². The molecule has 0 amide bonds. The molecule has 0 fully saturated rings. The lowest BCUT2D eigenvalue weighted by Gasteiger charge is -2.30. The Morgan fingerprint density at radius 1 is 1.03 bits per heavy atom. The van der Waals surface area contributed by atoms with Crippen LogP contribution in [0, 0.1) is 5.82 Å². The van der Waals surface area contributed by atoms with Gasteiger partial charge in [-0.1, -0.05) is 56.3 Å². The Labute approximate surface area is 202 Å². The van der Waals surface area contributed by atoms with E-state index in [0.29, 0.717) is 12.5 Å². The average Bonchev–Trinajstić information content (AvgIpc) is 2.76. The number of rotatable bonds is 10. The third kappa shape index (κ3) is 8.04. The van der Waals surface area contributed by atoms with Gasteiger partial charge in [0, 0.05) is 20.1 Å². The van der Waals surface area contributed by atoms with Crippen molar-refractivity contribution in [2.45, 2.75) is 24.8 Å². The van der Waals surface area contributed by atoms with E-state index >= 15 is 0 Å². The summed E-state index contributed by atoms with van der Waals surface area (Å²) in [6, 6.07) is 15.8. The highest BCUT2D eigenvalue weighted by molar-refractivity contribution is 14.0. The summed E-state index contributed by atoms with van der Waals surface area (Å²) in [5.74, 6) is -0.455. The van der Waals surface area contributed by atoms with Crippen molar-refractivity contribution < 1.29 is 12.8 Å². The van der Waals surface area contributed by atoms with Gasteiger partial charge >= 0.3 is 0 Å². The van der Waals surface area contributed by atoms with Gasteiger partial charge in [0.15, 0.2) is 15.8 Å². The monoisotopic (exact) mass is 562 g/mol. The van der Waals surface area contributed by atoms with E-state index < -0.39 is 15.7 Å². The minimum Gasteiger partial charge on any atom is -0.355 e. The summed E-state index contributed by atoms with van der Waals surface area (Å²) in [5, 5.41) is 6.30. The fourth-order valence-electron chi connectivity index (χ4n) is 3.32. The highest BCUT2D eigenvalue weighted by atomic mass is 127. The fraction of sp³-hybridized carbons (Fsp3) is 0.409. The van der Waals surface area contributed by atoms with Crippen LogP contribution < -0.4 is 10.6 Å². The van der Waals surface area contributed by atoms with Crippen LogP contribution in [0.5, 0.6) is 0 Å². The maximum absolute atomic E-state index is 13.8. The molecule has 0 bridgehead atoms. The summed E-state index contributed by atoms with van der Waals surface area (Å²) >= 11 is 0. The molecule has 6 nitrogen and oxygen atoms in total. The molecule has 0 saturated carbocycles. The van der Waals surface area contributed by atoms with Crippen LogP contribution in [-0.2, 0) is 9.84 Å². The molecule has 2 N–H and O–H groups in total. The predicted octanol–water partition coefficient (Wildman–Crippen LogP) is 3.47. The van der Waals surface area contributed by atoms with Gasteiger partial charge in [-0.2, -0.15) is 0 Å². The van der Waals surface area contributed by atoms with Gasteiger partial charge in [-0.3, -0.25) is 9.89 Å². The van der Waals surface area contributed by atoms with E-state index in [-0.39, 0.29) is 47.2 Å². The number of likely N-dealkylation sites (N-methyl/N-ethyl adjacent to an activating group) is 1. The van der Waals surface area contributed by atoms with Crippen molar-refractivity contribution in [3.63, 3.8) is 0 Å². The molecule has 1 unspecified atom stereocenters. The van der Waals surface area contributed by atoms with Crippen molar-refractivity contribution in [1.29, 1.82) is 0 Å². The number of nitrogens with one attached hydrogen (secondary N) is 2. The van der Waals surface area contributed by atoms with Crippen molar-refractivity contribution in [2.75, 3.05) is 39.0 Å². The number of benzene rings is 2. The first-order valence-electron chi connectivity index (χ1n) is 10.1. The number of hydrogen-bond donors (Lipinski definition) is 2. The van der Waals surface area contributed by atoms with Crippen LogP contribution in [-0.4, -0.2) is 58.3 Å². The lowest BCUT2D eigenvalue weighted by atomic mass is 10.1. The number of guanidine groups is 1. The van der Waals surface area contributed by atoms with Gasteiger partial charge in [0.2, 0.25) is 0 Å². The lowest BCUT2D eigenvalue weighted by molar-refractivity contribution is 0.219. The Hall–Kier alpha value is -1.72. The summed E-state index contributed by atoms with van der Waals surface area (Å²) in [7, 11) is -2.08. The Kier molecular flexibility index (Phi) is 12.0. The summed E-state index contributed by atoms with van der Waals surface area (Å²) in [6.45, 7) is 6.80. The van der Waals surface area contributed by atoms with Crippen LogP contribution in [0.15, 0.2) is 64.5 Å². The predicted molar refractivity (Wildman–Crippen MR) is 135 cm³/mol. The van der Waals surface area contributed by atoms with Gasteiger partial charge in [0.1, 0.15) is 10.7 Å². The molecular formula is C22H32FIN4O2S. The molecule has 1 atom stereocenters. The first kappa shape index (κ1) is 27.3. The van der Waals surface area contributed by atoms with Crippen molar-refractivity contribution in [1.82, 2.24) is 15.5 Å². The molecule has 0 aliphatic heterocycles. The minimum absolute atomic E-state index is 0. The number of hydrogen-bond acceptors (Lipinski definition) is 4. The van der Waals surface area contributed by atoms with Crippen LogP contribution in [0.25, 0.3) is 0 Å². The number of halogens is 2. The normalized spacial score (nSPS) is 12.9. The maximum Gasteiger partial charge on any atom is 0.191 e. The van der Waals surface area contributed by atoms with E-state index in [1.165, 1.54) is 23.8 Å². The number of nitrogens with zero attached hydrogens (tertiary/aromatic N) is 2. The molecule has 2 rings (SSSR count). The summed E-state index contributed by atoms with van der Waals surface area (Å²) in [4.78, 5) is 6.25. The second kappa shape index (κ2) is 13.6. The first-order chi connectivity index (χ1) is 14.4.